The number of benzene rings is 1. The van der Waals surface area contributed by atoms with Gasteiger partial charge in [0.15, 0.2) is 0 Å². The first-order chi connectivity index (χ1) is 9.92. The van der Waals surface area contributed by atoms with Crippen molar-refractivity contribution < 1.29 is 24.4 Å². The number of ether oxygens (including phenoxy) is 1. The molecular formula is C13H14N2O6. The number of amides is 1. The molecule has 1 aromatic rings. The zero-order chi connectivity index (χ0) is 16.0. The number of carboxylic acid groups (broad SMARTS) is 1. The Bertz CT molecular complexity index is 584. The number of non-ortho nitro benzene ring substituents is 1. The summed E-state index contributed by atoms with van der Waals surface area (Å²) in [6.07, 6.45) is 1.39. The quantitative estimate of drug-likeness (QED) is 0.463. The maximum absolute atomic E-state index is 12.0. The molecule has 0 saturated heterocycles. The average Bonchev–Trinajstić information content (AvgIpc) is 2.44. The predicted molar refractivity (Wildman–Crippen MR) is 74.5 cm³/mol. The lowest BCUT2D eigenvalue weighted by molar-refractivity contribution is -0.384. The normalized spacial score (nSPS) is 9.95. The van der Waals surface area contributed by atoms with Crippen LogP contribution in [0.3, 0.4) is 0 Å². The molecule has 0 unspecified atom stereocenters. The van der Waals surface area contributed by atoms with E-state index in [1.165, 1.54) is 13.2 Å². The second-order valence-electron chi connectivity index (χ2n) is 3.99. The van der Waals surface area contributed by atoms with Gasteiger partial charge in [0, 0.05) is 25.8 Å². The van der Waals surface area contributed by atoms with E-state index in [-0.39, 0.29) is 30.1 Å². The smallest absolute Gasteiger partial charge is 0.337 e. The number of carbonyl (C=O) groups excluding carboxylic acids is 1. The van der Waals surface area contributed by atoms with Crippen LogP contribution in [0.1, 0.15) is 10.4 Å². The van der Waals surface area contributed by atoms with Gasteiger partial charge in [-0.3, -0.25) is 14.9 Å². The highest BCUT2D eigenvalue weighted by atomic mass is 16.6. The van der Waals surface area contributed by atoms with E-state index in [0.29, 0.717) is 0 Å². The monoisotopic (exact) mass is 294 g/mol. The summed E-state index contributed by atoms with van der Waals surface area (Å²) in [7, 11) is 1.32. The Morgan fingerprint density at radius 3 is 2.67 bits per heavy atom. The van der Waals surface area contributed by atoms with Crippen molar-refractivity contribution in [1.29, 1.82) is 0 Å². The first kappa shape index (κ1) is 16.3. The largest absolute Gasteiger partial charge is 0.478 e. The van der Waals surface area contributed by atoms with Gasteiger partial charge < -0.3 is 14.7 Å². The molecule has 8 nitrogen and oxygen atoms in total. The van der Waals surface area contributed by atoms with Gasteiger partial charge >= 0.3 is 5.97 Å². The van der Waals surface area contributed by atoms with Crippen LogP contribution in [-0.2, 0) is 9.53 Å². The standard InChI is InChI=1S/C13H14N2O6/c1-3-6-14(12(16)8-21-2)11-7-9(15(19)20)4-5-10(11)13(17)18/h3-5,7H,1,6,8H2,2H3,(H,17,18). The van der Waals surface area contributed by atoms with Gasteiger partial charge in [0.25, 0.3) is 11.6 Å². The molecule has 0 fully saturated rings. The number of aromatic carboxylic acids is 1. The maximum atomic E-state index is 12.0. The minimum atomic E-state index is -1.29. The fourth-order valence-electron chi connectivity index (χ4n) is 1.70. The van der Waals surface area contributed by atoms with Crippen molar-refractivity contribution in [3.63, 3.8) is 0 Å². The van der Waals surface area contributed by atoms with Crippen molar-refractivity contribution >= 4 is 23.3 Å². The molecular weight excluding hydrogens is 280 g/mol. The van der Waals surface area contributed by atoms with E-state index in [1.54, 1.807) is 0 Å². The van der Waals surface area contributed by atoms with Crippen LogP contribution in [0.15, 0.2) is 30.9 Å². The molecule has 0 aromatic heterocycles. The Labute approximate surface area is 120 Å². The number of nitro groups is 1. The zero-order valence-electron chi connectivity index (χ0n) is 11.3. The minimum Gasteiger partial charge on any atom is -0.478 e. The molecule has 0 spiro atoms. The molecule has 0 aliphatic carbocycles. The highest BCUT2D eigenvalue weighted by Gasteiger charge is 2.23. The lowest BCUT2D eigenvalue weighted by Gasteiger charge is -2.22. The summed E-state index contributed by atoms with van der Waals surface area (Å²) in [5.74, 6) is -1.82. The van der Waals surface area contributed by atoms with E-state index in [0.717, 1.165) is 23.1 Å². The second-order valence-corrected chi connectivity index (χ2v) is 3.99. The van der Waals surface area contributed by atoms with Gasteiger partial charge in [0.2, 0.25) is 0 Å². The number of carbonyl (C=O) groups is 2. The predicted octanol–water partition coefficient (Wildman–Crippen LogP) is 1.46. The highest BCUT2D eigenvalue weighted by Crippen LogP contribution is 2.26. The molecule has 0 atom stereocenters. The molecule has 21 heavy (non-hydrogen) atoms. The number of nitrogens with zero attached hydrogens (tertiary/aromatic N) is 2. The Balaban J connectivity index is 3.41. The van der Waals surface area contributed by atoms with E-state index < -0.39 is 16.8 Å². The van der Waals surface area contributed by atoms with Gasteiger partial charge in [-0.15, -0.1) is 6.58 Å². The molecule has 1 N–H and O–H groups in total. The Hall–Kier alpha value is -2.74. The molecule has 8 heteroatoms. The minimum absolute atomic E-state index is 0.00361. The number of methoxy groups -OCH3 is 1. The van der Waals surface area contributed by atoms with Gasteiger partial charge in [0.1, 0.15) is 6.61 Å². The number of hydrogen-bond acceptors (Lipinski definition) is 5. The van der Waals surface area contributed by atoms with Crippen molar-refractivity contribution in [2.24, 2.45) is 0 Å². The van der Waals surface area contributed by atoms with Gasteiger partial charge in [-0.1, -0.05) is 6.08 Å². The molecule has 0 aliphatic rings. The molecule has 0 bridgehead atoms. The Kier molecular flexibility index (Phi) is 5.56. The first-order valence-electron chi connectivity index (χ1n) is 5.84. The van der Waals surface area contributed by atoms with Crippen LogP contribution in [0.4, 0.5) is 11.4 Å². The van der Waals surface area contributed by atoms with Crippen molar-refractivity contribution in [3.05, 3.63) is 46.5 Å². The Morgan fingerprint density at radius 1 is 1.52 bits per heavy atom. The van der Waals surface area contributed by atoms with Crippen LogP contribution in [0.2, 0.25) is 0 Å². The molecule has 1 rings (SSSR count). The SMILES string of the molecule is C=CCN(C(=O)COC)c1cc([N+](=O)[O-])ccc1C(=O)O. The first-order valence-corrected chi connectivity index (χ1v) is 5.84. The number of rotatable bonds is 7. The van der Waals surface area contributed by atoms with Crippen molar-refractivity contribution in [3.8, 4) is 0 Å². The maximum Gasteiger partial charge on any atom is 0.337 e. The number of nitro benzene ring substituents is 1. The fourth-order valence-corrected chi connectivity index (χ4v) is 1.70. The van der Waals surface area contributed by atoms with Crippen LogP contribution in [0.25, 0.3) is 0 Å². The summed E-state index contributed by atoms with van der Waals surface area (Å²) in [4.78, 5) is 34.4. The van der Waals surface area contributed by atoms with Crippen LogP contribution in [0.5, 0.6) is 0 Å². The van der Waals surface area contributed by atoms with Gasteiger partial charge in [-0.25, -0.2) is 4.79 Å². The van der Waals surface area contributed by atoms with Crippen LogP contribution in [-0.4, -0.2) is 42.2 Å². The lowest BCUT2D eigenvalue weighted by atomic mass is 10.1. The summed E-state index contributed by atoms with van der Waals surface area (Å²) in [5.41, 5.74) is -0.597. The highest BCUT2D eigenvalue weighted by molar-refractivity contribution is 6.03. The summed E-state index contributed by atoms with van der Waals surface area (Å²) < 4.78 is 4.72. The molecule has 0 heterocycles. The third-order valence-electron chi connectivity index (χ3n) is 2.59. The van der Waals surface area contributed by atoms with E-state index >= 15 is 0 Å². The Morgan fingerprint density at radius 2 is 2.19 bits per heavy atom. The molecule has 0 saturated carbocycles. The van der Waals surface area contributed by atoms with Gasteiger partial charge in [-0.05, 0) is 6.07 Å². The van der Waals surface area contributed by atoms with Crippen molar-refractivity contribution in [2.75, 3.05) is 25.2 Å². The average molecular weight is 294 g/mol. The topological polar surface area (TPSA) is 110 Å². The van der Waals surface area contributed by atoms with Crippen molar-refractivity contribution in [2.45, 2.75) is 0 Å². The second kappa shape index (κ2) is 7.15. The van der Waals surface area contributed by atoms with Crippen LogP contribution >= 0.6 is 0 Å². The summed E-state index contributed by atoms with van der Waals surface area (Å²) >= 11 is 0. The van der Waals surface area contributed by atoms with E-state index in [1.807, 2.05) is 0 Å². The molecule has 1 amide bonds. The molecule has 1 aromatic carbocycles. The number of hydrogen-bond donors (Lipinski definition) is 1. The fraction of sp³-hybridized carbons (Fsp3) is 0.231. The summed E-state index contributed by atoms with van der Waals surface area (Å²) in [6.45, 7) is 3.21. The summed E-state index contributed by atoms with van der Waals surface area (Å²) in [6, 6.07) is 3.20. The van der Waals surface area contributed by atoms with E-state index in [4.69, 9.17) is 9.84 Å². The molecule has 112 valence electrons. The van der Waals surface area contributed by atoms with E-state index in [2.05, 4.69) is 6.58 Å². The summed E-state index contributed by atoms with van der Waals surface area (Å²) in [5, 5.41) is 20.0. The third kappa shape index (κ3) is 3.86. The number of anilines is 1. The third-order valence-corrected chi connectivity index (χ3v) is 2.59. The van der Waals surface area contributed by atoms with Gasteiger partial charge in [0.05, 0.1) is 16.2 Å². The number of carboxylic acids is 1. The molecule has 0 aliphatic heterocycles. The zero-order valence-corrected chi connectivity index (χ0v) is 11.3. The van der Waals surface area contributed by atoms with Crippen LogP contribution in [0, 0.1) is 10.1 Å². The lowest BCUT2D eigenvalue weighted by Crippen LogP contribution is -2.35. The van der Waals surface area contributed by atoms with Gasteiger partial charge in [-0.2, -0.15) is 0 Å². The van der Waals surface area contributed by atoms with Crippen LogP contribution < -0.4 is 4.90 Å². The van der Waals surface area contributed by atoms with E-state index in [9.17, 15) is 19.7 Å². The van der Waals surface area contributed by atoms with Crippen molar-refractivity contribution in [1.82, 2.24) is 0 Å². The molecule has 0 radical (unpaired) electrons.